The van der Waals surface area contributed by atoms with Crippen LogP contribution in [0.1, 0.15) is 0 Å². The van der Waals surface area contributed by atoms with Crippen LogP contribution in [0.3, 0.4) is 0 Å². The summed E-state index contributed by atoms with van der Waals surface area (Å²) in [5.41, 5.74) is 13.7. The molecule has 0 saturated carbocycles. The SMILES string of the molecule is c1ccc2c(c1)-c1ccccc1-n1c3cc4c5ccccc5n(-c5nc6c(nc5-c5ccc7ccccc7c5)sc5ccccc56)c4cc3c3cccc-2c31. The minimum Gasteiger partial charge on any atom is -0.308 e. The van der Waals surface area contributed by atoms with E-state index in [1.807, 2.05) is 0 Å². The lowest BCUT2D eigenvalue weighted by molar-refractivity contribution is 1.09. The Morgan fingerprint density at radius 3 is 1.96 bits per heavy atom. The van der Waals surface area contributed by atoms with Gasteiger partial charge < -0.3 is 4.57 Å². The van der Waals surface area contributed by atoms with Crippen molar-refractivity contribution in [3.63, 3.8) is 0 Å². The van der Waals surface area contributed by atoms with Gasteiger partial charge in [0.05, 0.1) is 27.8 Å². The molecule has 4 nitrogen and oxygen atoms in total. The Bertz CT molecular complexity index is 3620. The minimum atomic E-state index is 0.835. The van der Waals surface area contributed by atoms with Gasteiger partial charge in [0.25, 0.3) is 0 Å². The van der Waals surface area contributed by atoms with Crippen LogP contribution in [0.15, 0.2) is 170 Å². The van der Waals surface area contributed by atoms with Crippen LogP contribution < -0.4 is 0 Å². The number of fused-ring (bicyclic) bond motifs is 15. The van der Waals surface area contributed by atoms with E-state index >= 15 is 0 Å². The molecule has 0 atom stereocenters. The maximum absolute atomic E-state index is 5.62. The molecule has 0 unspecified atom stereocenters. The maximum atomic E-state index is 5.62. The van der Waals surface area contributed by atoms with Gasteiger partial charge in [-0.25, -0.2) is 9.97 Å². The number of nitrogens with zero attached hydrogens (tertiary/aromatic N) is 4. The third-order valence-electron chi connectivity index (χ3n) is 11.7. The van der Waals surface area contributed by atoms with Gasteiger partial charge in [0, 0.05) is 48.3 Å². The van der Waals surface area contributed by atoms with E-state index in [0.717, 1.165) is 43.8 Å². The summed E-state index contributed by atoms with van der Waals surface area (Å²) in [7, 11) is 0. The molecular weight excluding hydrogens is 689 g/mol. The normalized spacial score (nSPS) is 12.4. The molecule has 1 aliphatic rings. The number of benzene rings is 8. The van der Waals surface area contributed by atoms with Gasteiger partial charge in [0.1, 0.15) is 16.0 Å². The Hall–Kier alpha value is -7.08. The van der Waals surface area contributed by atoms with Crippen LogP contribution in [0, 0.1) is 0 Å². The van der Waals surface area contributed by atoms with Gasteiger partial charge in [-0.3, -0.25) is 4.57 Å². The molecule has 0 aliphatic carbocycles. The zero-order valence-corrected chi connectivity index (χ0v) is 30.2. The molecule has 12 aromatic rings. The summed E-state index contributed by atoms with van der Waals surface area (Å²) in [5.74, 6) is 0.835. The van der Waals surface area contributed by atoms with Crippen molar-refractivity contribution in [2.75, 3.05) is 0 Å². The number of hydrogen-bond acceptors (Lipinski definition) is 3. The summed E-state index contributed by atoms with van der Waals surface area (Å²) in [4.78, 5) is 12.1. The average Bonchev–Trinajstić information content (AvgIpc) is 3.86. The highest BCUT2D eigenvalue weighted by atomic mass is 32.1. The molecule has 0 N–H and O–H groups in total. The monoisotopic (exact) mass is 716 g/mol. The van der Waals surface area contributed by atoms with Crippen LogP contribution in [0.4, 0.5) is 0 Å². The summed E-state index contributed by atoms with van der Waals surface area (Å²) < 4.78 is 6.07. The van der Waals surface area contributed by atoms with Gasteiger partial charge in [-0.15, -0.1) is 11.3 Å². The second-order valence-corrected chi connectivity index (χ2v) is 15.6. The van der Waals surface area contributed by atoms with Crippen molar-refractivity contribution >= 4 is 86.2 Å². The van der Waals surface area contributed by atoms with Gasteiger partial charge in [-0.05, 0) is 58.3 Å². The van der Waals surface area contributed by atoms with Crippen molar-refractivity contribution in [1.82, 2.24) is 19.1 Å². The predicted octanol–water partition coefficient (Wildman–Crippen LogP) is 13.5. The molecule has 0 amide bonds. The quantitative estimate of drug-likeness (QED) is 0.179. The summed E-state index contributed by atoms with van der Waals surface area (Å²) in [6.45, 7) is 0. The first-order valence-electron chi connectivity index (χ1n) is 18.7. The van der Waals surface area contributed by atoms with Gasteiger partial charge in [0.15, 0.2) is 5.82 Å². The first-order chi connectivity index (χ1) is 27.3. The molecule has 5 heterocycles. The number of rotatable bonds is 2. The fourth-order valence-electron chi connectivity index (χ4n) is 9.27. The van der Waals surface area contributed by atoms with Crippen LogP contribution in [0.2, 0.25) is 0 Å². The summed E-state index contributed by atoms with van der Waals surface area (Å²) >= 11 is 1.71. The first kappa shape index (κ1) is 29.4. The second kappa shape index (κ2) is 10.8. The molecule has 0 radical (unpaired) electrons. The van der Waals surface area contributed by atoms with E-state index in [0.29, 0.717) is 0 Å². The molecule has 0 fully saturated rings. The van der Waals surface area contributed by atoms with Gasteiger partial charge in [-0.1, -0.05) is 133 Å². The summed E-state index contributed by atoms with van der Waals surface area (Å²) in [6.07, 6.45) is 0. The Kier molecular flexibility index (Phi) is 5.74. The van der Waals surface area contributed by atoms with E-state index in [2.05, 4.69) is 179 Å². The second-order valence-electron chi connectivity index (χ2n) is 14.5. The van der Waals surface area contributed by atoms with Crippen LogP contribution >= 0.6 is 11.3 Å². The largest absolute Gasteiger partial charge is 0.308 e. The van der Waals surface area contributed by atoms with E-state index in [1.165, 1.54) is 76.0 Å². The third kappa shape index (κ3) is 3.94. The number of para-hydroxylation sites is 3. The molecular formula is C50H28N4S. The molecule has 0 spiro atoms. The topological polar surface area (TPSA) is 35.6 Å². The standard InChI is InChI=1S/C50H28N4S/c1-2-13-30-26-31(25-24-29(30)12-1)46-49(51-47-38-18-7-10-23-45(38)55-50(47)52-46)54-42-22-9-6-17-35(42)39-27-43-40(28-44(39)54)37-20-11-19-36-33-15-4-3-14-32(33)34-16-5-8-21-41(34)53(43)48(36)37/h1-28H. The van der Waals surface area contributed by atoms with Crippen molar-refractivity contribution in [2.45, 2.75) is 0 Å². The summed E-state index contributed by atoms with van der Waals surface area (Å²) in [5, 5.41) is 8.33. The Balaban J connectivity index is 1.19. The lowest BCUT2D eigenvalue weighted by Crippen LogP contribution is -2.03. The van der Waals surface area contributed by atoms with Crippen molar-refractivity contribution in [3.05, 3.63) is 170 Å². The van der Waals surface area contributed by atoms with Crippen molar-refractivity contribution in [3.8, 4) is 45.0 Å². The van der Waals surface area contributed by atoms with E-state index in [1.54, 1.807) is 11.3 Å². The van der Waals surface area contributed by atoms with Gasteiger partial charge in [0.2, 0.25) is 0 Å². The molecule has 8 aromatic carbocycles. The highest BCUT2D eigenvalue weighted by molar-refractivity contribution is 7.25. The molecule has 1 aliphatic heterocycles. The molecule has 0 saturated heterocycles. The van der Waals surface area contributed by atoms with Crippen molar-refractivity contribution in [1.29, 1.82) is 0 Å². The Morgan fingerprint density at radius 2 is 1.07 bits per heavy atom. The number of thiophene rings is 1. The highest BCUT2D eigenvalue weighted by Crippen LogP contribution is 2.48. The zero-order chi connectivity index (χ0) is 35.8. The number of aromatic nitrogens is 4. The zero-order valence-electron chi connectivity index (χ0n) is 29.4. The lowest BCUT2D eigenvalue weighted by Gasteiger charge is -2.14. The Morgan fingerprint density at radius 1 is 0.418 bits per heavy atom. The van der Waals surface area contributed by atoms with Crippen LogP contribution in [-0.2, 0) is 0 Å². The third-order valence-corrected chi connectivity index (χ3v) is 12.7. The highest BCUT2D eigenvalue weighted by Gasteiger charge is 2.27. The molecule has 13 rings (SSSR count). The molecule has 0 bridgehead atoms. The molecule has 254 valence electrons. The maximum Gasteiger partial charge on any atom is 0.165 e. The first-order valence-corrected chi connectivity index (χ1v) is 19.5. The van der Waals surface area contributed by atoms with E-state index in [4.69, 9.17) is 9.97 Å². The average molecular weight is 717 g/mol. The van der Waals surface area contributed by atoms with Gasteiger partial charge in [-0.2, -0.15) is 0 Å². The number of hydrogen-bond donors (Lipinski definition) is 0. The van der Waals surface area contributed by atoms with Gasteiger partial charge >= 0.3 is 0 Å². The minimum absolute atomic E-state index is 0.835. The van der Waals surface area contributed by atoms with E-state index in [-0.39, 0.29) is 0 Å². The predicted molar refractivity (Wildman–Crippen MR) is 231 cm³/mol. The van der Waals surface area contributed by atoms with Crippen LogP contribution in [0.5, 0.6) is 0 Å². The van der Waals surface area contributed by atoms with Crippen LogP contribution in [0.25, 0.3) is 120 Å². The summed E-state index contributed by atoms with van der Waals surface area (Å²) in [6, 6.07) is 61.8. The van der Waals surface area contributed by atoms with Crippen molar-refractivity contribution < 1.29 is 0 Å². The molecule has 5 heteroatoms. The van der Waals surface area contributed by atoms with Crippen LogP contribution in [-0.4, -0.2) is 19.1 Å². The molecule has 55 heavy (non-hydrogen) atoms. The van der Waals surface area contributed by atoms with E-state index < -0.39 is 0 Å². The van der Waals surface area contributed by atoms with E-state index in [9.17, 15) is 0 Å². The fraction of sp³-hybridized carbons (Fsp3) is 0. The molecule has 4 aromatic heterocycles. The Labute approximate surface area is 318 Å². The van der Waals surface area contributed by atoms with Crippen molar-refractivity contribution in [2.24, 2.45) is 0 Å². The smallest absolute Gasteiger partial charge is 0.165 e. The fourth-order valence-corrected chi connectivity index (χ4v) is 10.3. The lowest BCUT2D eigenvalue weighted by atomic mass is 9.94.